The number of carbonyl (C=O) groups excluding carboxylic acids is 1. The molecular weight excluding hydrogens is 268 g/mol. The first-order valence-electron chi connectivity index (χ1n) is 7.81. The second-order valence-corrected chi connectivity index (χ2v) is 5.49. The third kappa shape index (κ3) is 4.04. The van der Waals surface area contributed by atoms with Crippen molar-refractivity contribution in [1.82, 2.24) is 20.0 Å². The van der Waals surface area contributed by atoms with E-state index in [4.69, 9.17) is 4.74 Å². The van der Waals surface area contributed by atoms with Crippen LogP contribution in [0.4, 0.5) is 0 Å². The van der Waals surface area contributed by atoms with E-state index in [1.54, 1.807) is 0 Å². The molecule has 0 amide bonds. The van der Waals surface area contributed by atoms with E-state index in [-0.39, 0.29) is 12.0 Å². The Kier molecular flexibility index (Phi) is 5.76. The van der Waals surface area contributed by atoms with Crippen molar-refractivity contribution < 1.29 is 9.53 Å². The van der Waals surface area contributed by atoms with E-state index < -0.39 is 0 Å². The number of ether oxygens (including phenoxy) is 1. The van der Waals surface area contributed by atoms with E-state index in [0.29, 0.717) is 25.7 Å². The summed E-state index contributed by atoms with van der Waals surface area (Å²) in [7, 11) is 0. The molecule has 0 aliphatic carbocycles. The number of piperazine rings is 1. The zero-order valence-corrected chi connectivity index (χ0v) is 13.2. The molecule has 1 aliphatic heterocycles. The molecule has 1 aliphatic rings. The molecule has 1 fully saturated rings. The summed E-state index contributed by atoms with van der Waals surface area (Å²) >= 11 is 0. The van der Waals surface area contributed by atoms with Crippen molar-refractivity contribution in [2.45, 2.75) is 45.8 Å². The van der Waals surface area contributed by atoms with Crippen LogP contribution in [-0.4, -0.2) is 52.9 Å². The largest absolute Gasteiger partial charge is 0.465 e. The minimum Gasteiger partial charge on any atom is -0.465 e. The summed E-state index contributed by atoms with van der Waals surface area (Å²) < 4.78 is 7.16. The second-order valence-electron chi connectivity index (χ2n) is 5.49. The number of esters is 1. The first-order valence-corrected chi connectivity index (χ1v) is 7.81. The molecule has 0 saturated carbocycles. The van der Waals surface area contributed by atoms with E-state index in [0.717, 1.165) is 25.2 Å². The normalized spacial score (nSPS) is 21.2. The highest BCUT2D eigenvalue weighted by Gasteiger charge is 2.30. The topological polar surface area (TPSA) is 59.4 Å². The average Bonchev–Trinajstić information content (AvgIpc) is 2.96. The van der Waals surface area contributed by atoms with Crippen LogP contribution in [0.25, 0.3) is 0 Å². The number of nitrogens with one attached hydrogen (secondary N) is 1. The molecule has 1 aromatic heterocycles. The summed E-state index contributed by atoms with van der Waals surface area (Å²) in [5.74, 6) is -0.147. The molecule has 2 unspecified atom stereocenters. The molecule has 2 atom stereocenters. The second kappa shape index (κ2) is 7.56. The van der Waals surface area contributed by atoms with Gasteiger partial charge >= 0.3 is 5.97 Å². The third-order valence-electron chi connectivity index (χ3n) is 3.98. The highest BCUT2D eigenvalue weighted by molar-refractivity contribution is 5.76. The summed E-state index contributed by atoms with van der Waals surface area (Å²) in [6.07, 6.45) is 3.07. The van der Waals surface area contributed by atoms with Crippen LogP contribution >= 0.6 is 0 Å². The molecule has 0 radical (unpaired) electrons. The van der Waals surface area contributed by atoms with Gasteiger partial charge in [0.05, 0.1) is 12.3 Å². The maximum absolute atomic E-state index is 12.0. The van der Waals surface area contributed by atoms with Crippen molar-refractivity contribution in [3.63, 3.8) is 0 Å². The molecule has 0 bridgehead atoms. The van der Waals surface area contributed by atoms with E-state index in [1.807, 2.05) is 23.9 Å². The molecule has 6 heteroatoms. The van der Waals surface area contributed by atoms with Crippen molar-refractivity contribution in [1.29, 1.82) is 0 Å². The molecule has 2 heterocycles. The predicted molar refractivity (Wildman–Crippen MR) is 80.9 cm³/mol. The van der Waals surface area contributed by atoms with Crippen molar-refractivity contribution in [3.8, 4) is 0 Å². The highest BCUT2D eigenvalue weighted by Crippen LogP contribution is 2.13. The maximum atomic E-state index is 12.0. The van der Waals surface area contributed by atoms with Gasteiger partial charge in [-0.05, 0) is 26.3 Å². The lowest BCUT2D eigenvalue weighted by Crippen LogP contribution is -2.54. The van der Waals surface area contributed by atoms with Gasteiger partial charge in [0.2, 0.25) is 0 Å². The lowest BCUT2D eigenvalue weighted by Gasteiger charge is -2.33. The monoisotopic (exact) mass is 294 g/mol. The Balaban J connectivity index is 2.01. The summed E-state index contributed by atoms with van der Waals surface area (Å²) in [5.41, 5.74) is 1.01. The van der Waals surface area contributed by atoms with Gasteiger partial charge in [0.25, 0.3) is 0 Å². The zero-order valence-electron chi connectivity index (χ0n) is 13.2. The molecule has 1 aromatic rings. The SMILES string of the molecule is CCOC(=O)C1CNCCN1Cc1ccn(C(C)CC)n1. The van der Waals surface area contributed by atoms with Crippen LogP contribution in [0.15, 0.2) is 12.3 Å². The number of rotatable bonds is 6. The fourth-order valence-corrected chi connectivity index (χ4v) is 2.51. The van der Waals surface area contributed by atoms with Crippen molar-refractivity contribution in [2.75, 3.05) is 26.2 Å². The molecule has 0 spiro atoms. The fourth-order valence-electron chi connectivity index (χ4n) is 2.51. The zero-order chi connectivity index (χ0) is 15.2. The van der Waals surface area contributed by atoms with Crippen LogP contribution in [0.3, 0.4) is 0 Å². The average molecular weight is 294 g/mol. The maximum Gasteiger partial charge on any atom is 0.324 e. The Labute approximate surface area is 126 Å². The molecule has 2 rings (SSSR count). The molecule has 1 saturated heterocycles. The van der Waals surface area contributed by atoms with Crippen molar-refractivity contribution >= 4 is 5.97 Å². The van der Waals surface area contributed by atoms with Gasteiger partial charge in [-0.25, -0.2) is 0 Å². The van der Waals surface area contributed by atoms with Gasteiger partial charge in [0.15, 0.2) is 0 Å². The lowest BCUT2D eigenvalue weighted by molar-refractivity contribution is -0.150. The molecule has 6 nitrogen and oxygen atoms in total. The minimum atomic E-state index is -0.215. The summed E-state index contributed by atoms with van der Waals surface area (Å²) in [6.45, 7) is 9.63. The molecular formula is C15H26N4O2. The van der Waals surface area contributed by atoms with Crippen LogP contribution in [0.5, 0.6) is 0 Å². The van der Waals surface area contributed by atoms with Gasteiger partial charge in [0.1, 0.15) is 6.04 Å². The van der Waals surface area contributed by atoms with Crippen LogP contribution in [-0.2, 0) is 16.1 Å². The standard InChI is InChI=1S/C15H26N4O2/c1-4-12(3)19-8-6-13(17-19)11-18-9-7-16-10-14(18)15(20)21-5-2/h6,8,12,14,16H,4-5,7,9-11H2,1-3H3. The van der Waals surface area contributed by atoms with Crippen LogP contribution in [0.1, 0.15) is 38.9 Å². The van der Waals surface area contributed by atoms with Gasteiger partial charge in [-0.1, -0.05) is 6.92 Å². The fraction of sp³-hybridized carbons (Fsp3) is 0.733. The van der Waals surface area contributed by atoms with Gasteiger partial charge in [-0.2, -0.15) is 5.10 Å². The number of hydrogen-bond donors (Lipinski definition) is 1. The van der Waals surface area contributed by atoms with Crippen LogP contribution < -0.4 is 5.32 Å². The van der Waals surface area contributed by atoms with Crippen molar-refractivity contribution in [3.05, 3.63) is 18.0 Å². The highest BCUT2D eigenvalue weighted by atomic mass is 16.5. The van der Waals surface area contributed by atoms with E-state index in [2.05, 4.69) is 29.2 Å². The molecule has 21 heavy (non-hydrogen) atoms. The molecule has 118 valence electrons. The quantitative estimate of drug-likeness (QED) is 0.799. The van der Waals surface area contributed by atoms with Gasteiger partial charge in [-0.15, -0.1) is 0 Å². The van der Waals surface area contributed by atoms with Crippen molar-refractivity contribution in [2.24, 2.45) is 0 Å². The number of hydrogen-bond acceptors (Lipinski definition) is 5. The van der Waals surface area contributed by atoms with E-state index >= 15 is 0 Å². The Morgan fingerprint density at radius 3 is 3.10 bits per heavy atom. The molecule has 1 N–H and O–H groups in total. The first-order chi connectivity index (χ1) is 10.2. The third-order valence-corrected chi connectivity index (χ3v) is 3.98. The number of carbonyl (C=O) groups is 1. The summed E-state index contributed by atoms with van der Waals surface area (Å²) in [6, 6.07) is 2.23. The minimum absolute atomic E-state index is 0.147. The van der Waals surface area contributed by atoms with E-state index in [1.165, 1.54) is 0 Å². The first kappa shape index (κ1) is 16.0. The predicted octanol–water partition coefficient (Wildman–Crippen LogP) is 1.19. The summed E-state index contributed by atoms with van der Waals surface area (Å²) in [4.78, 5) is 14.2. The smallest absolute Gasteiger partial charge is 0.324 e. The van der Waals surface area contributed by atoms with E-state index in [9.17, 15) is 4.79 Å². The van der Waals surface area contributed by atoms with Gasteiger partial charge in [0, 0.05) is 38.4 Å². The van der Waals surface area contributed by atoms with Crippen LogP contribution in [0, 0.1) is 0 Å². The molecule has 0 aromatic carbocycles. The summed E-state index contributed by atoms with van der Waals surface area (Å²) in [5, 5.41) is 7.87. The lowest BCUT2D eigenvalue weighted by atomic mass is 10.2. The number of nitrogens with zero attached hydrogens (tertiary/aromatic N) is 3. The Bertz CT molecular complexity index is 460. The number of aromatic nitrogens is 2. The Hall–Kier alpha value is -1.40. The Morgan fingerprint density at radius 1 is 1.57 bits per heavy atom. The van der Waals surface area contributed by atoms with Gasteiger partial charge < -0.3 is 10.1 Å². The van der Waals surface area contributed by atoms with Crippen LogP contribution in [0.2, 0.25) is 0 Å². The van der Waals surface area contributed by atoms with Gasteiger partial charge in [-0.3, -0.25) is 14.4 Å². The Morgan fingerprint density at radius 2 is 2.38 bits per heavy atom.